The van der Waals surface area contributed by atoms with Gasteiger partial charge < -0.3 is 10.1 Å². The molecule has 0 bridgehead atoms. The van der Waals surface area contributed by atoms with Crippen LogP contribution in [0.25, 0.3) is 0 Å². The Hall–Kier alpha value is -1.02. The fourth-order valence-corrected chi connectivity index (χ4v) is 1.53. The maximum Gasteiger partial charge on any atom is 0.118 e. The van der Waals surface area contributed by atoms with Gasteiger partial charge in [0.2, 0.25) is 0 Å². The van der Waals surface area contributed by atoms with Gasteiger partial charge in [0.15, 0.2) is 0 Å². The number of hydrogen-bond donors (Lipinski definition) is 1. The van der Waals surface area contributed by atoms with Crippen LogP contribution in [0.2, 0.25) is 0 Å². The molecule has 2 atom stereocenters. The lowest BCUT2D eigenvalue weighted by atomic mass is 10.1. The van der Waals surface area contributed by atoms with Crippen LogP contribution in [0.4, 0.5) is 0 Å². The number of nitrogens with one attached hydrogen (secondary N) is 1. The topological polar surface area (TPSA) is 21.3 Å². The Morgan fingerprint density at radius 3 is 2.27 bits per heavy atom. The monoisotopic (exact) mass is 207 g/mol. The van der Waals surface area contributed by atoms with Crippen LogP contribution in [0, 0.1) is 0 Å². The molecule has 0 radical (unpaired) electrons. The van der Waals surface area contributed by atoms with Gasteiger partial charge in [0.1, 0.15) is 5.75 Å². The predicted molar refractivity (Wildman–Crippen MR) is 64.3 cm³/mol. The molecule has 1 aromatic carbocycles. The second kappa shape index (κ2) is 5.76. The van der Waals surface area contributed by atoms with Crippen molar-refractivity contribution in [2.24, 2.45) is 0 Å². The molecular formula is C13H21NO. The van der Waals surface area contributed by atoms with Crippen LogP contribution in [0.15, 0.2) is 24.3 Å². The van der Waals surface area contributed by atoms with Crippen molar-refractivity contribution in [1.29, 1.82) is 0 Å². The van der Waals surface area contributed by atoms with Crippen molar-refractivity contribution in [3.8, 4) is 5.75 Å². The zero-order valence-corrected chi connectivity index (χ0v) is 10.1. The third kappa shape index (κ3) is 3.56. The van der Waals surface area contributed by atoms with Gasteiger partial charge >= 0.3 is 0 Å². The van der Waals surface area contributed by atoms with E-state index in [2.05, 4.69) is 38.2 Å². The molecule has 0 aliphatic carbocycles. The second-order valence-corrected chi connectivity index (χ2v) is 3.97. The quantitative estimate of drug-likeness (QED) is 0.801. The Morgan fingerprint density at radius 2 is 1.80 bits per heavy atom. The largest absolute Gasteiger partial charge is 0.497 e. The predicted octanol–water partition coefficient (Wildman–Crippen LogP) is 3.14. The molecule has 1 aromatic rings. The van der Waals surface area contributed by atoms with Gasteiger partial charge in [0.05, 0.1) is 7.11 Å². The van der Waals surface area contributed by atoms with Crippen LogP contribution in [-0.4, -0.2) is 13.2 Å². The van der Waals surface area contributed by atoms with Crippen LogP contribution in [0.1, 0.15) is 38.8 Å². The highest BCUT2D eigenvalue weighted by Gasteiger charge is 2.07. The van der Waals surface area contributed by atoms with Gasteiger partial charge in [-0.2, -0.15) is 0 Å². The summed E-state index contributed by atoms with van der Waals surface area (Å²) in [6, 6.07) is 9.18. The minimum absolute atomic E-state index is 0.394. The SMILES string of the molecule is CC[C@H](C)N[C@@H](C)c1ccc(OC)cc1. The van der Waals surface area contributed by atoms with Crippen LogP contribution in [0.3, 0.4) is 0 Å². The molecule has 0 fully saturated rings. The molecule has 1 N–H and O–H groups in total. The Labute approximate surface area is 92.6 Å². The third-order valence-electron chi connectivity index (χ3n) is 2.76. The summed E-state index contributed by atoms with van der Waals surface area (Å²) >= 11 is 0. The van der Waals surface area contributed by atoms with E-state index in [9.17, 15) is 0 Å². The van der Waals surface area contributed by atoms with E-state index in [0.717, 1.165) is 12.2 Å². The number of hydrogen-bond acceptors (Lipinski definition) is 2. The van der Waals surface area contributed by atoms with Crippen molar-refractivity contribution in [2.45, 2.75) is 39.3 Å². The van der Waals surface area contributed by atoms with Crippen LogP contribution in [-0.2, 0) is 0 Å². The summed E-state index contributed by atoms with van der Waals surface area (Å²) in [4.78, 5) is 0. The summed E-state index contributed by atoms with van der Waals surface area (Å²) in [7, 11) is 1.69. The molecule has 0 aliphatic heterocycles. The van der Waals surface area contributed by atoms with Gasteiger partial charge in [0, 0.05) is 12.1 Å². The Bertz CT molecular complexity index is 281. The normalized spacial score (nSPS) is 14.7. The van der Waals surface area contributed by atoms with Crippen molar-refractivity contribution in [2.75, 3.05) is 7.11 Å². The maximum absolute atomic E-state index is 5.13. The van der Waals surface area contributed by atoms with Crippen molar-refractivity contribution >= 4 is 0 Å². The number of methoxy groups -OCH3 is 1. The summed E-state index contributed by atoms with van der Waals surface area (Å²) < 4.78 is 5.13. The van der Waals surface area contributed by atoms with Gasteiger partial charge in [-0.05, 0) is 38.0 Å². The molecule has 2 heteroatoms. The molecule has 0 saturated heterocycles. The van der Waals surface area contributed by atoms with E-state index in [1.54, 1.807) is 7.11 Å². The highest BCUT2D eigenvalue weighted by molar-refractivity contribution is 5.28. The number of benzene rings is 1. The molecule has 1 rings (SSSR count). The molecule has 84 valence electrons. The smallest absolute Gasteiger partial charge is 0.118 e. The van der Waals surface area contributed by atoms with E-state index in [0.29, 0.717) is 12.1 Å². The average Bonchev–Trinajstić information content (AvgIpc) is 2.29. The molecular weight excluding hydrogens is 186 g/mol. The second-order valence-electron chi connectivity index (χ2n) is 3.97. The summed E-state index contributed by atoms with van der Waals surface area (Å²) in [6.07, 6.45) is 1.15. The van der Waals surface area contributed by atoms with Gasteiger partial charge in [-0.15, -0.1) is 0 Å². The van der Waals surface area contributed by atoms with Crippen molar-refractivity contribution in [3.63, 3.8) is 0 Å². The molecule has 0 saturated carbocycles. The summed E-state index contributed by atoms with van der Waals surface area (Å²) in [5, 5.41) is 3.54. The summed E-state index contributed by atoms with van der Waals surface area (Å²) in [6.45, 7) is 6.59. The molecule has 0 aliphatic rings. The van der Waals surface area contributed by atoms with E-state index in [1.165, 1.54) is 5.56 Å². The van der Waals surface area contributed by atoms with Gasteiger partial charge in [-0.3, -0.25) is 0 Å². The molecule has 0 amide bonds. The Balaban J connectivity index is 2.61. The van der Waals surface area contributed by atoms with Crippen molar-refractivity contribution in [3.05, 3.63) is 29.8 Å². The van der Waals surface area contributed by atoms with E-state index in [4.69, 9.17) is 4.74 Å². The maximum atomic E-state index is 5.13. The lowest BCUT2D eigenvalue weighted by molar-refractivity contribution is 0.414. The van der Waals surface area contributed by atoms with Gasteiger partial charge in [-0.1, -0.05) is 19.1 Å². The van der Waals surface area contributed by atoms with E-state index in [-0.39, 0.29) is 0 Å². The molecule has 0 unspecified atom stereocenters. The number of rotatable bonds is 5. The summed E-state index contributed by atoms with van der Waals surface area (Å²) in [5.41, 5.74) is 1.30. The van der Waals surface area contributed by atoms with E-state index >= 15 is 0 Å². The zero-order valence-electron chi connectivity index (χ0n) is 10.1. The molecule has 0 heterocycles. The first-order valence-electron chi connectivity index (χ1n) is 5.57. The highest BCUT2D eigenvalue weighted by Crippen LogP contribution is 2.17. The van der Waals surface area contributed by atoms with E-state index < -0.39 is 0 Å². The standard InChI is InChI=1S/C13H21NO/c1-5-10(2)14-11(3)12-6-8-13(15-4)9-7-12/h6-11,14H,5H2,1-4H3/t10-,11-/m0/s1. The molecule has 2 nitrogen and oxygen atoms in total. The average molecular weight is 207 g/mol. The fraction of sp³-hybridized carbons (Fsp3) is 0.538. The van der Waals surface area contributed by atoms with Crippen LogP contribution in [0.5, 0.6) is 5.75 Å². The van der Waals surface area contributed by atoms with Crippen molar-refractivity contribution < 1.29 is 4.74 Å². The minimum Gasteiger partial charge on any atom is -0.497 e. The molecule has 0 spiro atoms. The van der Waals surface area contributed by atoms with E-state index in [1.807, 2.05) is 12.1 Å². The fourth-order valence-electron chi connectivity index (χ4n) is 1.53. The molecule has 0 aromatic heterocycles. The lowest BCUT2D eigenvalue weighted by Gasteiger charge is -2.19. The Kier molecular flexibility index (Phi) is 4.63. The first kappa shape index (κ1) is 12.1. The van der Waals surface area contributed by atoms with Crippen LogP contribution >= 0.6 is 0 Å². The van der Waals surface area contributed by atoms with Crippen LogP contribution < -0.4 is 10.1 Å². The first-order chi connectivity index (χ1) is 7.17. The number of ether oxygens (including phenoxy) is 1. The van der Waals surface area contributed by atoms with Gasteiger partial charge in [-0.25, -0.2) is 0 Å². The highest BCUT2D eigenvalue weighted by atomic mass is 16.5. The third-order valence-corrected chi connectivity index (χ3v) is 2.76. The van der Waals surface area contributed by atoms with Gasteiger partial charge in [0.25, 0.3) is 0 Å². The lowest BCUT2D eigenvalue weighted by Crippen LogP contribution is -2.28. The minimum atomic E-state index is 0.394. The first-order valence-corrected chi connectivity index (χ1v) is 5.57. The molecule has 15 heavy (non-hydrogen) atoms. The zero-order chi connectivity index (χ0) is 11.3. The van der Waals surface area contributed by atoms with Crippen molar-refractivity contribution in [1.82, 2.24) is 5.32 Å². The summed E-state index contributed by atoms with van der Waals surface area (Å²) in [5.74, 6) is 0.912. The Morgan fingerprint density at radius 1 is 1.20 bits per heavy atom.